The van der Waals surface area contributed by atoms with Crippen LogP contribution in [-0.2, 0) is 9.53 Å². The zero-order valence-electron chi connectivity index (χ0n) is 17.2. The maximum Gasteiger partial charge on any atom is 0.333 e. The molecule has 0 saturated heterocycles. The smallest absolute Gasteiger partial charge is 0.333 e. The quantitative estimate of drug-likeness (QED) is 0.117. The van der Waals surface area contributed by atoms with Crippen LogP contribution in [0.4, 0.5) is 0 Å². The largest absolute Gasteiger partial charge is 0.462 e. The molecule has 0 atom stereocenters. The molecule has 2 heteroatoms. The molecule has 0 aliphatic carbocycles. The molecule has 0 N–H and O–H groups in total. The maximum atomic E-state index is 11.4. The third-order valence-electron chi connectivity index (χ3n) is 4.64. The van der Waals surface area contributed by atoms with E-state index in [2.05, 4.69) is 19.1 Å². The lowest BCUT2D eigenvalue weighted by Gasteiger charge is -2.04. The van der Waals surface area contributed by atoms with Crippen LogP contribution in [0.2, 0.25) is 0 Å². The van der Waals surface area contributed by atoms with Crippen LogP contribution in [0, 0.1) is 0 Å². The van der Waals surface area contributed by atoms with Crippen molar-refractivity contribution < 1.29 is 9.53 Å². The summed E-state index contributed by atoms with van der Waals surface area (Å²) in [6.45, 7) is 6.49. The van der Waals surface area contributed by atoms with Gasteiger partial charge < -0.3 is 4.74 Å². The van der Waals surface area contributed by atoms with Gasteiger partial charge in [0, 0.05) is 5.57 Å². The molecule has 0 heterocycles. The van der Waals surface area contributed by atoms with Crippen LogP contribution in [0.1, 0.15) is 111 Å². The van der Waals surface area contributed by atoms with Gasteiger partial charge in [0.1, 0.15) is 0 Å². The highest BCUT2D eigenvalue weighted by molar-refractivity contribution is 5.87. The first kappa shape index (κ1) is 23.9. The second kappa shape index (κ2) is 19.3. The number of carbonyl (C=O) groups is 1. The molecule has 0 aliphatic rings. The van der Waals surface area contributed by atoms with Crippen LogP contribution in [-0.4, -0.2) is 12.6 Å². The zero-order chi connectivity index (χ0) is 18.6. The SMILES string of the molecule is CC=C(C)C(=O)OCCCCCCCC/C=C\CCCCCCCC. The summed E-state index contributed by atoms with van der Waals surface area (Å²) in [6, 6.07) is 0. The van der Waals surface area contributed by atoms with E-state index in [4.69, 9.17) is 4.74 Å². The Morgan fingerprint density at radius 2 is 1.24 bits per heavy atom. The van der Waals surface area contributed by atoms with E-state index in [1.165, 1.54) is 77.0 Å². The molecule has 0 aromatic heterocycles. The highest BCUT2D eigenvalue weighted by Gasteiger charge is 2.03. The average molecular weight is 351 g/mol. The second-order valence-corrected chi connectivity index (χ2v) is 7.05. The first-order valence-corrected chi connectivity index (χ1v) is 10.7. The van der Waals surface area contributed by atoms with Gasteiger partial charge >= 0.3 is 5.97 Å². The predicted molar refractivity (Wildman–Crippen MR) is 110 cm³/mol. The third-order valence-corrected chi connectivity index (χ3v) is 4.64. The van der Waals surface area contributed by atoms with Crippen molar-refractivity contribution in [3.05, 3.63) is 23.8 Å². The summed E-state index contributed by atoms with van der Waals surface area (Å²) in [7, 11) is 0. The van der Waals surface area contributed by atoms with Crippen molar-refractivity contribution in [3.8, 4) is 0 Å². The fourth-order valence-electron chi connectivity index (χ4n) is 2.75. The molecule has 0 radical (unpaired) electrons. The van der Waals surface area contributed by atoms with E-state index in [0.717, 1.165) is 12.8 Å². The molecule has 0 spiro atoms. The Morgan fingerprint density at radius 3 is 1.76 bits per heavy atom. The van der Waals surface area contributed by atoms with Crippen LogP contribution < -0.4 is 0 Å². The van der Waals surface area contributed by atoms with Crippen molar-refractivity contribution >= 4 is 5.97 Å². The summed E-state index contributed by atoms with van der Waals surface area (Å²) in [5, 5.41) is 0. The molecular formula is C23H42O2. The van der Waals surface area contributed by atoms with Crippen LogP contribution in [0.25, 0.3) is 0 Å². The molecule has 0 bridgehead atoms. The lowest BCUT2D eigenvalue weighted by atomic mass is 10.1. The fourth-order valence-corrected chi connectivity index (χ4v) is 2.75. The normalized spacial score (nSPS) is 12.0. The Labute approximate surface area is 157 Å². The van der Waals surface area contributed by atoms with Crippen LogP contribution in [0.15, 0.2) is 23.8 Å². The van der Waals surface area contributed by atoms with E-state index in [-0.39, 0.29) is 5.97 Å². The first-order valence-electron chi connectivity index (χ1n) is 10.7. The van der Waals surface area contributed by atoms with Gasteiger partial charge in [0.05, 0.1) is 6.61 Å². The topological polar surface area (TPSA) is 26.3 Å². The maximum absolute atomic E-state index is 11.4. The minimum absolute atomic E-state index is 0.171. The number of hydrogen-bond acceptors (Lipinski definition) is 2. The standard InChI is InChI=1S/C23H42O2/c1-4-6-7-8-9-10-11-12-13-14-15-16-17-18-19-20-21-25-23(24)22(3)5-2/h5,12-13H,4,6-11,14-21H2,1-3H3/b13-12-,22-5?. The van der Waals surface area contributed by atoms with E-state index >= 15 is 0 Å². The Morgan fingerprint density at radius 1 is 0.760 bits per heavy atom. The second-order valence-electron chi connectivity index (χ2n) is 7.05. The Balaban J connectivity index is 3.21. The molecule has 0 rings (SSSR count). The van der Waals surface area contributed by atoms with Gasteiger partial charge in [-0.15, -0.1) is 0 Å². The molecule has 0 fully saturated rings. The molecule has 0 amide bonds. The van der Waals surface area contributed by atoms with Gasteiger partial charge in [-0.3, -0.25) is 0 Å². The lowest BCUT2D eigenvalue weighted by Crippen LogP contribution is -2.06. The molecule has 0 aliphatic heterocycles. The van der Waals surface area contributed by atoms with E-state index in [1.807, 2.05) is 6.92 Å². The molecule has 0 unspecified atom stereocenters. The van der Waals surface area contributed by atoms with Gasteiger partial charge in [0.15, 0.2) is 0 Å². The number of ether oxygens (including phenoxy) is 1. The lowest BCUT2D eigenvalue weighted by molar-refractivity contribution is -0.139. The van der Waals surface area contributed by atoms with E-state index in [9.17, 15) is 4.79 Å². The van der Waals surface area contributed by atoms with Crippen molar-refractivity contribution in [3.63, 3.8) is 0 Å². The Bertz CT molecular complexity index is 355. The molecular weight excluding hydrogens is 308 g/mol. The minimum Gasteiger partial charge on any atom is -0.462 e. The number of hydrogen-bond donors (Lipinski definition) is 0. The van der Waals surface area contributed by atoms with Gasteiger partial charge in [-0.2, -0.15) is 0 Å². The Kier molecular flexibility index (Phi) is 18.5. The minimum atomic E-state index is -0.171. The van der Waals surface area contributed by atoms with Crippen molar-refractivity contribution in [2.45, 2.75) is 111 Å². The molecule has 0 saturated carbocycles. The highest BCUT2D eigenvalue weighted by atomic mass is 16.5. The number of allylic oxidation sites excluding steroid dienone is 3. The summed E-state index contributed by atoms with van der Waals surface area (Å²) in [5.74, 6) is -0.171. The monoisotopic (exact) mass is 350 g/mol. The average Bonchev–Trinajstić information content (AvgIpc) is 2.63. The fraction of sp³-hybridized carbons (Fsp3) is 0.783. The van der Waals surface area contributed by atoms with Gasteiger partial charge in [-0.25, -0.2) is 4.79 Å². The van der Waals surface area contributed by atoms with E-state index < -0.39 is 0 Å². The third kappa shape index (κ3) is 17.6. The van der Waals surface area contributed by atoms with Crippen molar-refractivity contribution in [2.24, 2.45) is 0 Å². The summed E-state index contributed by atoms with van der Waals surface area (Å²) < 4.78 is 5.20. The number of unbranched alkanes of at least 4 members (excludes halogenated alkanes) is 12. The number of carbonyl (C=O) groups excluding carboxylic acids is 1. The summed E-state index contributed by atoms with van der Waals surface area (Å²) in [5.41, 5.74) is 0.699. The molecule has 25 heavy (non-hydrogen) atoms. The molecule has 2 nitrogen and oxygen atoms in total. The summed E-state index contributed by atoms with van der Waals surface area (Å²) in [6.07, 6.45) is 24.7. The van der Waals surface area contributed by atoms with Crippen LogP contribution >= 0.6 is 0 Å². The summed E-state index contributed by atoms with van der Waals surface area (Å²) in [4.78, 5) is 11.4. The number of rotatable bonds is 17. The van der Waals surface area contributed by atoms with Gasteiger partial charge in [0.25, 0.3) is 0 Å². The van der Waals surface area contributed by atoms with E-state index in [0.29, 0.717) is 12.2 Å². The number of esters is 1. The van der Waals surface area contributed by atoms with E-state index in [1.54, 1.807) is 13.0 Å². The van der Waals surface area contributed by atoms with Gasteiger partial charge in [-0.1, -0.05) is 82.9 Å². The van der Waals surface area contributed by atoms with Gasteiger partial charge in [-0.05, 0) is 46.0 Å². The zero-order valence-corrected chi connectivity index (χ0v) is 17.2. The van der Waals surface area contributed by atoms with Gasteiger partial charge in [0.2, 0.25) is 0 Å². The predicted octanol–water partition coefficient (Wildman–Crippen LogP) is 7.53. The first-order chi connectivity index (χ1) is 12.2. The highest BCUT2D eigenvalue weighted by Crippen LogP contribution is 2.10. The van der Waals surface area contributed by atoms with Crippen LogP contribution in [0.3, 0.4) is 0 Å². The summed E-state index contributed by atoms with van der Waals surface area (Å²) >= 11 is 0. The molecule has 146 valence electrons. The van der Waals surface area contributed by atoms with Crippen molar-refractivity contribution in [2.75, 3.05) is 6.61 Å². The Hall–Kier alpha value is -1.05. The van der Waals surface area contributed by atoms with Crippen molar-refractivity contribution in [1.29, 1.82) is 0 Å². The molecule has 0 aromatic carbocycles. The molecule has 0 aromatic rings. The van der Waals surface area contributed by atoms with Crippen LogP contribution in [0.5, 0.6) is 0 Å². The van der Waals surface area contributed by atoms with Crippen molar-refractivity contribution in [1.82, 2.24) is 0 Å².